The SMILES string of the molecule is Cc1ccc(C(O)CN(C)C2CCOCC2)cc1. The molecule has 18 heavy (non-hydrogen) atoms. The molecule has 3 heteroatoms. The molecular weight excluding hydrogens is 226 g/mol. The number of aryl methyl sites for hydroxylation is 1. The summed E-state index contributed by atoms with van der Waals surface area (Å²) in [5.74, 6) is 0. The van der Waals surface area contributed by atoms with Gasteiger partial charge in [-0.1, -0.05) is 29.8 Å². The average Bonchev–Trinajstić information content (AvgIpc) is 2.40. The van der Waals surface area contributed by atoms with Crippen LogP contribution in [0.5, 0.6) is 0 Å². The van der Waals surface area contributed by atoms with Gasteiger partial charge in [0.2, 0.25) is 0 Å². The van der Waals surface area contributed by atoms with Crippen LogP contribution in [0.25, 0.3) is 0 Å². The Morgan fingerprint density at radius 3 is 2.50 bits per heavy atom. The number of aliphatic hydroxyl groups excluding tert-OH is 1. The lowest BCUT2D eigenvalue weighted by Crippen LogP contribution is -2.38. The van der Waals surface area contributed by atoms with Crippen molar-refractivity contribution in [2.24, 2.45) is 0 Å². The molecule has 1 fully saturated rings. The lowest BCUT2D eigenvalue weighted by Gasteiger charge is -2.32. The number of aliphatic hydroxyl groups is 1. The molecule has 0 aromatic heterocycles. The molecule has 1 aliphatic heterocycles. The van der Waals surface area contributed by atoms with Crippen LogP contribution in [0, 0.1) is 6.92 Å². The molecule has 2 rings (SSSR count). The summed E-state index contributed by atoms with van der Waals surface area (Å²) in [6.07, 6.45) is 1.73. The van der Waals surface area contributed by atoms with Crippen LogP contribution < -0.4 is 0 Å². The molecule has 100 valence electrons. The van der Waals surface area contributed by atoms with E-state index in [0.717, 1.165) is 31.6 Å². The number of benzene rings is 1. The van der Waals surface area contributed by atoms with Crippen LogP contribution in [0.15, 0.2) is 24.3 Å². The van der Waals surface area contributed by atoms with Crippen molar-refractivity contribution in [2.45, 2.75) is 31.9 Å². The summed E-state index contributed by atoms with van der Waals surface area (Å²) in [6.45, 7) is 4.43. The number of hydrogen-bond donors (Lipinski definition) is 1. The van der Waals surface area contributed by atoms with Crippen molar-refractivity contribution in [3.8, 4) is 0 Å². The molecule has 1 atom stereocenters. The van der Waals surface area contributed by atoms with Gasteiger partial charge in [-0.3, -0.25) is 0 Å². The Morgan fingerprint density at radius 2 is 1.89 bits per heavy atom. The van der Waals surface area contributed by atoms with E-state index in [0.29, 0.717) is 12.6 Å². The third-order valence-corrected chi connectivity index (χ3v) is 3.74. The predicted molar refractivity (Wildman–Crippen MR) is 72.6 cm³/mol. The first-order chi connectivity index (χ1) is 8.66. The Bertz CT molecular complexity index is 357. The Balaban J connectivity index is 1.89. The smallest absolute Gasteiger partial charge is 0.0916 e. The van der Waals surface area contributed by atoms with Crippen molar-refractivity contribution < 1.29 is 9.84 Å². The summed E-state index contributed by atoms with van der Waals surface area (Å²) in [4.78, 5) is 2.26. The largest absolute Gasteiger partial charge is 0.387 e. The Hall–Kier alpha value is -0.900. The molecule has 1 aromatic rings. The lowest BCUT2D eigenvalue weighted by molar-refractivity contribution is 0.0253. The fourth-order valence-electron chi connectivity index (χ4n) is 2.44. The van der Waals surface area contributed by atoms with Gasteiger partial charge in [0.25, 0.3) is 0 Å². The van der Waals surface area contributed by atoms with Crippen LogP contribution in [0.4, 0.5) is 0 Å². The van der Waals surface area contributed by atoms with Gasteiger partial charge in [0, 0.05) is 25.8 Å². The minimum absolute atomic E-state index is 0.404. The quantitative estimate of drug-likeness (QED) is 0.887. The molecule has 1 N–H and O–H groups in total. The molecule has 1 aromatic carbocycles. The number of hydrogen-bond acceptors (Lipinski definition) is 3. The Morgan fingerprint density at radius 1 is 1.28 bits per heavy atom. The highest BCUT2D eigenvalue weighted by Gasteiger charge is 2.20. The van der Waals surface area contributed by atoms with Gasteiger partial charge in [-0.05, 0) is 32.4 Å². The molecule has 1 saturated heterocycles. The lowest BCUT2D eigenvalue weighted by atomic mass is 10.0. The fraction of sp³-hybridized carbons (Fsp3) is 0.600. The maximum absolute atomic E-state index is 10.2. The van der Waals surface area contributed by atoms with E-state index in [9.17, 15) is 5.11 Å². The van der Waals surface area contributed by atoms with E-state index in [4.69, 9.17) is 4.74 Å². The zero-order chi connectivity index (χ0) is 13.0. The number of ether oxygens (including phenoxy) is 1. The summed E-state index contributed by atoms with van der Waals surface area (Å²) in [7, 11) is 2.09. The van der Waals surface area contributed by atoms with E-state index in [2.05, 4.69) is 18.9 Å². The normalized spacial score (nSPS) is 19.1. The molecule has 1 heterocycles. The van der Waals surface area contributed by atoms with Crippen LogP contribution in [0.2, 0.25) is 0 Å². The van der Waals surface area contributed by atoms with E-state index in [1.165, 1.54) is 5.56 Å². The summed E-state index contributed by atoms with van der Waals surface area (Å²) in [5.41, 5.74) is 2.23. The monoisotopic (exact) mass is 249 g/mol. The first-order valence-electron chi connectivity index (χ1n) is 6.69. The second-order valence-corrected chi connectivity index (χ2v) is 5.21. The first-order valence-corrected chi connectivity index (χ1v) is 6.69. The minimum Gasteiger partial charge on any atom is -0.387 e. The second-order valence-electron chi connectivity index (χ2n) is 5.21. The molecule has 0 aliphatic carbocycles. The molecule has 0 amide bonds. The maximum Gasteiger partial charge on any atom is 0.0916 e. The molecule has 1 aliphatic rings. The van der Waals surface area contributed by atoms with Gasteiger partial charge < -0.3 is 14.7 Å². The first kappa shape index (κ1) is 13.5. The summed E-state index contributed by atoms with van der Waals surface area (Å²) >= 11 is 0. The minimum atomic E-state index is -0.404. The molecule has 0 saturated carbocycles. The standard InChI is InChI=1S/C15H23NO2/c1-12-3-5-13(6-4-12)15(17)11-16(2)14-7-9-18-10-8-14/h3-6,14-15,17H,7-11H2,1-2H3. The van der Waals surface area contributed by atoms with Gasteiger partial charge in [-0.2, -0.15) is 0 Å². The van der Waals surface area contributed by atoms with Crippen LogP contribution in [-0.4, -0.2) is 42.9 Å². The van der Waals surface area contributed by atoms with Gasteiger partial charge >= 0.3 is 0 Å². The van der Waals surface area contributed by atoms with E-state index < -0.39 is 6.10 Å². The third kappa shape index (κ3) is 3.55. The second kappa shape index (κ2) is 6.32. The van der Waals surface area contributed by atoms with Gasteiger partial charge in [-0.15, -0.1) is 0 Å². The predicted octanol–water partition coefficient (Wildman–Crippen LogP) is 2.14. The van der Waals surface area contributed by atoms with E-state index in [1.54, 1.807) is 0 Å². The van der Waals surface area contributed by atoms with Crippen LogP contribution in [0.3, 0.4) is 0 Å². The van der Waals surface area contributed by atoms with E-state index in [1.807, 2.05) is 24.3 Å². The average molecular weight is 249 g/mol. The summed E-state index contributed by atoms with van der Waals surface area (Å²) in [6, 6.07) is 8.66. The summed E-state index contributed by atoms with van der Waals surface area (Å²) in [5, 5.41) is 10.2. The van der Waals surface area contributed by atoms with Gasteiger partial charge in [0.05, 0.1) is 6.10 Å². The van der Waals surface area contributed by atoms with Crippen molar-refractivity contribution in [1.29, 1.82) is 0 Å². The van der Waals surface area contributed by atoms with Crippen molar-refractivity contribution in [3.05, 3.63) is 35.4 Å². The molecule has 1 unspecified atom stereocenters. The van der Waals surface area contributed by atoms with Gasteiger partial charge in [-0.25, -0.2) is 0 Å². The molecule has 0 bridgehead atoms. The van der Waals surface area contributed by atoms with E-state index in [-0.39, 0.29) is 0 Å². The van der Waals surface area contributed by atoms with E-state index >= 15 is 0 Å². The summed E-state index contributed by atoms with van der Waals surface area (Å²) < 4.78 is 5.36. The highest BCUT2D eigenvalue weighted by molar-refractivity contribution is 5.23. The topological polar surface area (TPSA) is 32.7 Å². The molecule has 0 spiro atoms. The van der Waals surface area contributed by atoms with Crippen molar-refractivity contribution in [1.82, 2.24) is 4.90 Å². The van der Waals surface area contributed by atoms with Gasteiger partial charge in [0.1, 0.15) is 0 Å². The van der Waals surface area contributed by atoms with Crippen LogP contribution >= 0.6 is 0 Å². The Labute approximate surface area is 109 Å². The number of nitrogens with zero attached hydrogens (tertiary/aromatic N) is 1. The zero-order valence-electron chi connectivity index (χ0n) is 11.3. The Kier molecular flexibility index (Phi) is 4.75. The van der Waals surface area contributed by atoms with Crippen molar-refractivity contribution in [2.75, 3.05) is 26.8 Å². The van der Waals surface area contributed by atoms with Crippen LogP contribution in [-0.2, 0) is 4.74 Å². The third-order valence-electron chi connectivity index (χ3n) is 3.74. The molecule has 0 radical (unpaired) electrons. The highest BCUT2D eigenvalue weighted by atomic mass is 16.5. The number of likely N-dealkylation sites (N-methyl/N-ethyl adjacent to an activating group) is 1. The maximum atomic E-state index is 10.2. The number of rotatable bonds is 4. The van der Waals surface area contributed by atoms with Crippen molar-refractivity contribution in [3.63, 3.8) is 0 Å². The molecular formula is C15H23NO2. The van der Waals surface area contributed by atoms with Crippen LogP contribution in [0.1, 0.15) is 30.1 Å². The fourth-order valence-corrected chi connectivity index (χ4v) is 2.44. The highest BCUT2D eigenvalue weighted by Crippen LogP contribution is 2.19. The van der Waals surface area contributed by atoms with Gasteiger partial charge in [0.15, 0.2) is 0 Å². The van der Waals surface area contributed by atoms with Crippen molar-refractivity contribution >= 4 is 0 Å². The zero-order valence-corrected chi connectivity index (χ0v) is 11.3. The molecule has 3 nitrogen and oxygen atoms in total.